The van der Waals surface area contributed by atoms with Crippen LogP contribution in [-0.2, 0) is 20.0 Å². The lowest BCUT2D eigenvalue weighted by molar-refractivity contribution is 0.0736. The largest absolute Gasteiger partial charge is 0.334 e. The second-order valence-corrected chi connectivity index (χ2v) is 7.73. The first-order chi connectivity index (χ1) is 14.9. The van der Waals surface area contributed by atoms with Crippen molar-refractivity contribution in [3.63, 3.8) is 0 Å². The van der Waals surface area contributed by atoms with Crippen LogP contribution in [-0.4, -0.2) is 36.5 Å². The van der Waals surface area contributed by atoms with Crippen molar-refractivity contribution < 1.29 is 9.18 Å². The van der Waals surface area contributed by atoms with Gasteiger partial charge in [-0.15, -0.1) is 0 Å². The van der Waals surface area contributed by atoms with Gasteiger partial charge < -0.3 is 9.47 Å². The Morgan fingerprint density at radius 1 is 1.13 bits per heavy atom. The molecule has 0 N–H and O–H groups in total. The Morgan fingerprint density at radius 2 is 1.90 bits per heavy atom. The maximum atomic E-state index is 13.3. The highest BCUT2D eigenvalue weighted by Gasteiger charge is 2.25. The number of imidazole rings is 1. The molecule has 0 bridgehead atoms. The number of halogens is 1. The molecule has 8 heteroatoms. The van der Waals surface area contributed by atoms with Crippen LogP contribution in [0.5, 0.6) is 0 Å². The molecule has 0 saturated carbocycles. The average Bonchev–Trinajstić information content (AvgIpc) is 3.07. The van der Waals surface area contributed by atoms with Crippen LogP contribution >= 0.6 is 0 Å². The number of hydrogen-bond acceptors (Lipinski definition) is 4. The number of rotatable bonds is 2. The monoisotopic (exact) mass is 417 g/mol. The van der Waals surface area contributed by atoms with Gasteiger partial charge >= 0.3 is 0 Å². The highest BCUT2D eigenvalue weighted by molar-refractivity contribution is 6.04. The standard InChI is InChI=1S/C23H20FN5O2/c1-14-26-21-19(7-9-25-22(21)27(14)2)23(31)28-10-8-15-11-20(30)29(13-16(15)12-28)18-5-3-17(24)4-6-18/h3-7,9,11,13H,8,10,12H2,1-2H3. The van der Waals surface area contributed by atoms with Gasteiger partial charge in [0.2, 0.25) is 0 Å². The first-order valence-electron chi connectivity index (χ1n) is 10.00. The normalized spacial score (nSPS) is 13.5. The average molecular weight is 417 g/mol. The molecule has 0 spiro atoms. The lowest BCUT2D eigenvalue weighted by Crippen LogP contribution is -2.37. The van der Waals surface area contributed by atoms with Gasteiger partial charge in [-0.3, -0.25) is 14.2 Å². The number of fused-ring (bicyclic) bond motifs is 2. The SMILES string of the molecule is Cc1nc2c(C(=O)N3CCc4cc(=O)n(-c5ccc(F)cc5)cc4C3)ccnc2n1C. The fourth-order valence-electron chi connectivity index (χ4n) is 4.04. The van der Waals surface area contributed by atoms with Gasteiger partial charge in [0.1, 0.15) is 17.2 Å². The Hall–Kier alpha value is -3.81. The maximum Gasteiger partial charge on any atom is 0.256 e. The van der Waals surface area contributed by atoms with Gasteiger partial charge in [0.25, 0.3) is 11.5 Å². The second kappa shape index (κ2) is 7.16. The molecule has 156 valence electrons. The summed E-state index contributed by atoms with van der Waals surface area (Å²) in [6.07, 6.45) is 3.97. The zero-order valence-electron chi connectivity index (χ0n) is 17.2. The van der Waals surface area contributed by atoms with Crippen LogP contribution in [0.4, 0.5) is 4.39 Å². The first kappa shape index (κ1) is 19.2. The molecule has 1 amide bonds. The summed E-state index contributed by atoms with van der Waals surface area (Å²) >= 11 is 0. The summed E-state index contributed by atoms with van der Waals surface area (Å²) in [6.45, 7) is 2.77. The summed E-state index contributed by atoms with van der Waals surface area (Å²) in [5, 5.41) is 0. The first-order valence-corrected chi connectivity index (χ1v) is 10.00. The topological polar surface area (TPSA) is 73.0 Å². The molecule has 0 fully saturated rings. The van der Waals surface area contributed by atoms with E-state index in [-0.39, 0.29) is 17.3 Å². The fourth-order valence-corrected chi connectivity index (χ4v) is 4.04. The number of hydrogen-bond donors (Lipinski definition) is 0. The number of benzene rings is 1. The molecule has 5 rings (SSSR count). The Morgan fingerprint density at radius 3 is 2.68 bits per heavy atom. The minimum absolute atomic E-state index is 0.115. The molecule has 0 atom stereocenters. The van der Waals surface area contributed by atoms with E-state index in [0.717, 1.165) is 17.0 Å². The van der Waals surface area contributed by atoms with Crippen molar-refractivity contribution >= 4 is 17.1 Å². The van der Waals surface area contributed by atoms with Crippen molar-refractivity contribution in [3.05, 3.63) is 87.5 Å². The molecule has 1 aliphatic rings. The molecule has 4 aromatic rings. The lowest BCUT2D eigenvalue weighted by atomic mass is 10.0. The summed E-state index contributed by atoms with van der Waals surface area (Å²) in [5.41, 5.74) is 4.01. The van der Waals surface area contributed by atoms with Crippen molar-refractivity contribution in [1.29, 1.82) is 0 Å². The highest BCUT2D eigenvalue weighted by atomic mass is 19.1. The van der Waals surface area contributed by atoms with Crippen molar-refractivity contribution in [1.82, 2.24) is 24.0 Å². The second-order valence-electron chi connectivity index (χ2n) is 7.73. The van der Waals surface area contributed by atoms with Crippen LogP contribution in [0.3, 0.4) is 0 Å². The van der Waals surface area contributed by atoms with E-state index in [4.69, 9.17) is 0 Å². The van der Waals surface area contributed by atoms with Crippen molar-refractivity contribution in [2.45, 2.75) is 19.9 Å². The van der Waals surface area contributed by atoms with Gasteiger partial charge in [-0.05, 0) is 54.8 Å². The van der Waals surface area contributed by atoms with E-state index in [9.17, 15) is 14.0 Å². The van der Waals surface area contributed by atoms with E-state index >= 15 is 0 Å². The molecule has 1 aliphatic heterocycles. The molecule has 0 unspecified atom stereocenters. The number of aromatic nitrogens is 4. The van der Waals surface area contributed by atoms with Gasteiger partial charge in [0, 0.05) is 44.3 Å². The molecule has 0 aliphatic carbocycles. The molecule has 1 aromatic carbocycles. The summed E-state index contributed by atoms with van der Waals surface area (Å²) in [6, 6.07) is 9.07. The Labute approximate surface area is 177 Å². The van der Waals surface area contributed by atoms with E-state index in [1.165, 1.54) is 16.7 Å². The van der Waals surface area contributed by atoms with Crippen LogP contribution in [0.2, 0.25) is 0 Å². The van der Waals surface area contributed by atoms with Gasteiger partial charge in [0.05, 0.1) is 5.56 Å². The minimum atomic E-state index is -0.361. The minimum Gasteiger partial charge on any atom is -0.334 e. The number of nitrogens with zero attached hydrogens (tertiary/aromatic N) is 5. The maximum absolute atomic E-state index is 13.3. The number of aryl methyl sites for hydroxylation is 2. The quantitative estimate of drug-likeness (QED) is 0.503. The van der Waals surface area contributed by atoms with Crippen molar-refractivity contribution in [2.24, 2.45) is 7.05 Å². The van der Waals surface area contributed by atoms with E-state index in [1.807, 2.05) is 18.5 Å². The third kappa shape index (κ3) is 3.20. The predicted molar refractivity (Wildman–Crippen MR) is 114 cm³/mol. The molecule has 7 nitrogen and oxygen atoms in total. The molecule has 3 aromatic heterocycles. The Balaban J connectivity index is 1.50. The molecular formula is C23H20FN5O2. The predicted octanol–water partition coefficient (Wildman–Crippen LogP) is 2.77. The van der Waals surface area contributed by atoms with E-state index in [0.29, 0.717) is 41.9 Å². The van der Waals surface area contributed by atoms with Crippen LogP contribution in [0.15, 0.2) is 53.6 Å². The van der Waals surface area contributed by atoms with Gasteiger partial charge in [-0.25, -0.2) is 14.4 Å². The van der Waals surface area contributed by atoms with E-state index in [1.54, 1.807) is 41.6 Å². The van der Waals surface area contributed by atoms with Gasteiger partial charge in [-0.1, -0.05) is 0 Å². The third-order valence-corrected chi connectivity index (χ3v) is 5.85. The molecule has 4 heterocycles. The molecule has 31 heavy (non-hydrogen) atoms. The van der Waals surface area contributed by atoms with Crippen LogP contribution in [0.25, 0.3) is 16.9 Å². The van der Waals surface area contributed by atoms with Crippen LogP contribution in [0.1, 0.15) is 27.3 Å². The third-order valence-electron chi connectivity index (χ3n) is 5.85. The van der Waals surface area contributed by atoms with Gasteiger partial charge in [-0.2, -0.15) is 0 Å². The smallest absolute Gasteiger partial charge is 0.256 e. The highest BCUT2D eigenvalue weighted by Crippen LogP contribution is 2.23. The fraction of sp³-hybridized carbons (Fsp3) is 0.217. The van der Waals surface area contributed by atoms with Crippen LogP contribution < -0.4 is 5.56 Å². The summed E-state index contributed by atoms with van der Waals surface area (Å²) in [4.78, 5) is 36.5. The summed E-state index contributed by atoms with van der Waals surface area (Å²) in [7, 11) is 1.87. The Bertz CT molecular complexity index is 1390. The lowest BCUT2D eigenvalue weighted by Gasteiger charge is -2.29. The van der Waals surface area contributed by atoms with E-state index in [2.05, 4.69) is 9.97 Å². The number of carbonyl (C=O) groups excluding carboxylic acids is 1. The van der Waals surface area contributed by atoms with Crippen molar-refractivity contribution in [2.75, 3.05) is 6.54 Å². The molecule has 0 radical (unpaired) electrons. The molecular weight excluding hydrogens is 397 g/mol. The molecule has 0 saturated heterocycles. The van der Waals surface area contributed by atoms with Crippen molar-refractivity contribution in [3.8, 4) is 5.69 Å². The van der Waals surface area contributed by atoms with Gasteiger partial charge in [0.15, 0.2) is 5.65 Å². The van der Waals surface area contributed by atoms with Crippen LogP contribution in [0, 0.1) is 12.7 Å². The number of amides is 1. The summed E-state index contributed by atoms with van der Waals surface area (Å²) in [5.74, 6) is 0.311. The zero-order chi connectivity index (χ0) is 21.7. The van der Waals surface area contributed by atoms with E-state index < -0.39 is 0 Å². The number of carbonyl (C=O) groups is 1. The summed E-state index contributed by atoms with van der Waals surface area (Å²) < 4.78 is 16.6. The zero-order valence-corrected chi connectivity index (χ0v) is 17.2. The Kier molecular flexibility index (Phi) is 4.43. The number of pyridine rings is 2.